The Bertz CT molecular complexity index is 1210. The van der Waals surface area contributed by atoms with Crippen LogP contribution < -0.4 is 5.32 Å². The van der Waals surface area contributed by atoms with Gasteiger partial charge in [-0.3, -0.25) is 9.67 Å². The van der Waals surface area contributed by atoms with E-state index < -0.39 is 18.3 Å². The van der Waals surface area contributed by atoms with Gasteiger partial charge in [0.05, 0.1) is 18.7 Å². The number of aromatic amines is 1. The molecule has 4 heterocycles. The van der Waals surface area contributed by atoms with Crippen molar-refractivity contribution in [3.63, 3.8) is 0 Å². The molecule has 0 saturated carbocycles. The van der Waals surface area contributed by atoms with E-state index in [-0.39, 0.29) is 12.5 Å². The van der Waals surface area contributed by atoms with Gasteiger partial charge in [0.2, 0.25) is 0 Å². The average Bonchev–Trinajstić information content (AvgIpc) is 3.53. The van der Waals surface area contributed by atoms with Gasteiger partial charge in [-0.15, -0.1) is 0 Å². The minimum Gasteiger partial charge on any atom is -0.376 e. The van der Waals surface area contributed by atoms with Gasteiger partial charge in [0.1, 0.15) is 11.5 Å². The van der Waals surface area contributed by atoms with E-state index in [9.17, 15) is 13.2 Å². The van der Waals surface area contributed by atoms with Crippen LogP contribution in [0.2, 0.25) is 0 Å². The number of anilines is 1. The Balaban J connectivity index is 1.49. The van der Waals surface area contributed by atoms with Crippen LogP contribution in [0.15, 0.2) is 30.3 Å². The van der Waals surface area contributed by atoms with Crippen LogP contribution in [0, 0.1) is 4.77 Å². The molecule has 1 aromatic carbocycles. The lowest BCUT2D eigenvalue weighted by molar-refractivity contribution is -0.173. The number of halogens is 3. The van der Waals surface area contributed by atoms with Crippen LogP contribution in [0.25, 0.3) is 11.5 Å². The van der Waals surface area contributed by atoms with Crippen molar-refractivity contribution >= 4 is 18.0 Å². The molecule has 0 radical (unpaired) electrons. The largest absolute Gasteiger partial charge is 0.410 e. The lowest BCUT2D eigenvalue weighted by atomic mass is 9.94. The third-order valence-corrected chi connectivity index (χ3v) is 6.90. The molecular formula is C23H27F3N6OS. The molecule has 0 amide bonds. The van der Waals surface area contributed by atoms with E-state index in [1.54, 1.807) is 10.6 Å². The second kappa shape index (κ2) is 8.84. The summed E-state index contributed by atoms with van der Waals surface area (Å²) in [7, 11) is 0. The molecule has 5 rings (SSSR count). The Kier molecular flexibility index (Phi) is 6.01. The summed E-state index contributed by atoms with van der Waals surface area (Å²) in [6.07, 6.45) is -2.72. The summed E-state index contributed by atoms with van der Waals surface area (Å²) in [5, 5.41) is 14.6. The Morgan fingerprint density at radius 1 is 1.24 bits per heavy atom. The number of aromatic nitrogens is 5. The van der Waals surface area contributed by atoms with Crippen LogP contribution in [0.1, 0.15) is 62.2 Å². The molecule has 0 aliphatic carbocycles. The first-order chi connectivity index (χ1) is 16.2. The SMILES string of the molecule is CC(C)c1ccc([C@H]2C[C@@H](C(F)(F)F)n3nc(-c4n[nH]c(=S)n4C[C@@H]4CCCO4)cc3N2)cc1. The molecule has 2 aromatic heterocycles. The Labute approximate surface area is 200 Å². The van der Waals surface area contributed by atoms with Crippen molar-refractivity contribution in [3.8, 4) is 11.5 Å². The fourth-order valence-electron chi connectivity index (χ4n) is 4.69. The predicted molar refractivity (Wildman–Crippen MR) is 124 cm³/mol. The van der Waals surface area contributed by atoms with Gasteiger partial charge in [0.25, 0.3) is 0 Å². The van der Waals surface area contributed by atoms with Gasteiger partial charge < -0.3 is 10.1 Å². The maximum Gasteiger partial charge on any atom is 0.410 e. The van der Waals surface area contributed by atoms with Crippen molar-refractivity contribution in [2.45, 2.75) is 69.9 Å². The van der Waals surface area contributed by atoms with Crippen molar-refractivity contribution in [2.24, 2.45) is 0 Å². The zero-order valence-corrected chi connectivity index (χ0v) is 19.8. The topological polar surface area (TPSA) is 72.7 Å². The lowest BCUT2D eigenvalue weighted by Crippen LogP contribution is -2.35. The number of hydrogen-bond acceptors (Lipinski definition) is 5. The van der Waals surface area contributed by atoms with Crippen molar-refractivity contribution in [2.75, 3.05) is 11.9 Å². The number of alkyl halides is 3. The van der Waals surface area contributed by atoms with Crippen LogP contribution in [0.5, 0.6) is 0 Å². The Morgan fingerprint density at radius 2 is 2.00 bits per heavy atom. The van der Waals surface area contributed by atoms with Crippen molar-refractivity contribution in [3.05, 3.63) is 46.2 Å². The normalized spacial score (nSPS) is 22.7. The predicted octanol–water partition coefficient (Wildman–Crippen LogP) is 5.77. The van der Waals surface area contributed by atoms with Crippen molar-refractivity contribution in [1.29, 1.82) is 0 Å². The quantitative estimate of drug-likeness (QED) is 0.443. The molecular weight excluding hydrogens is 465 g/mol. The van der Waals surface area contributed by atoms with Gasteiger partial charge in [-0.1, -0.05) is 38.1 Å². The lowest BCUT2D eigenvalue weighted by Gasteiger charge is -2.33. The smallest absolute Gasteiger partial charge is 0.376 e. The number of H-pyrrole nitrogens is 1. The van der Waals surface area contributed by atoms with E-state index in [1.807, 2.05) is 24.3 Å². The number of nitrogens with zero attached hydrogens (tertiary/aromatic N) is 4. The number of hydrogen-bond donors (Lipinski definition) is 2. The summed E-state index contributed by atoms with van der Waals surface area (Å²) in [4.78, 5) is 0. The molecule has 0 spiro atoms. The summed E-state index contributed by atoms with van der Waals surface area (Å²) in [5.41, 5.74) is 2.29. The number of fused-ring (bicyclic) bond motifs is 1. The zero-order valence-electron chi connectivity index (χ0n) is 19.0. The van der Waals surface area contributed by atoms with Gasteiger partial charge in [-0.05, 0) is 42.1 Å². The maximum atomic E-state index is 14.1. The number of nitrogens with one attached hydrogen (secondary N) is 2. The Hall–Kier alpha value is -2.66. The standard InChI is InChI=1S/C23H27F3N6OS/c1-13(2)14-5-7-15(8-6-14)17-10-19(23(24,25)26)32-20(27-17)11-18(30-32)21-28-29-22(34)31(21)12-16-4-3-9-33-16/h5-8,11,13,16-17,19,27H,3-4,9-10,12H2,1-2H3,(H,29,34)/t16-,17+,19-/m0/s1. The molecule has 2 aliphatic heterocycles. The molecule has 3 atom stereocenters. The molecule has 3 aromatic rings. The van der Waals surface area contributed by atoms with Crippen LogP contribution in [0.3, 0.4) is 0 Å². The molecule has 7 nitrogen and oxygen atoms in total. The summed E-state index contributed by atoms with van der Waals surface area (Å²) in [5.74, 6) is 1.06. The summed E-state index contributed by atoms with van der Waals surface area (Å²) < 4.78 is 51.2. The summed E-state index contributed by atoms with van der Waals surface area (Å²) >= 11 is 5.37. The van der Waals surface area contributed by atoms with E-state index in [2.05, 4.69) is 34.5 Å². The van der Waals surface area contributed by atoms with E-state index in [0.29, 0.717) is 41.2 Å². The highest BCUT2D eigenvalue weighted by molar-refractivity contribution is 7.71. The fourth-order valence-corrected chi connectivity index (χ4v) is 4.90. The Morgan fingerprint density at radius 3 is 2.65 bits per heavy atom. The van der Waals surface area contributed by atoms with Gasteiger partial charge >= 0.3 is 6.18 Å². The fraction of sp³-hybridized carbons (Fsp3) is 0.522. The van der Waals surface area contributed by atoms with E-state index in [0.717, 1.165) is 28.7 Å². The highest BCUT2D eigenvalue weighted by Gasteiger charge is 2.46. The van der Waals surface area contributed by atoms with Crippen molar-refractivity contribution < 1.29 is 17.9 Å². The first-order valence-corrected chi connectivity index (χ1v) is 11.9. The van der Waals surface area contributed by atoms with Crippen LogP contribution in [0.4, 0.5) is 19.0 Å². The van der Waals surface area contributed by atoms with E-state index in [1.165, 1.54) is 0 Å². The summed E-state index contributed by atoms with van der Waals surface area (Å²) in [6.45, 7) is 5.35. The van der Waals surface area contributed by atoms with Gasteiger partial charge in [-0.2, -0.15) is 23.4 Å². The zero-order chi connectivity index (χ0) is 24.0. The second-order valence-corrected chi connectivity index (χ2v) is 9.66. The van der Waals surface area contributed by atoms with E-state index in [4.69, 9.17) is 17.0 Å². The molecule has 2 aliphatic rings. The van der Waals surface area contributed by atoms with E-state index >= 15 is 0 Å². The van der Waals surface area contributed by atoms with Gasteiger partial charge in [0, 0.05) is 19.1 Å². The highest BCUT2D eigenvalue weighted by Crippen LogP contribution is 2.44. The first kappa shape index (κ1) is 23.1. The first-order valence-electron chi connectivity index (χ1n) is 11.5. The average molecular weight is 493 g/mol. The number of ether oxygens (including phenoxy) is 1. The molecule has 182 valence electrons. The van der Waals surface area contributed by atoms with Gasteiger partial charge in [-0.25, -0.2) is 4.68 Å². The minimum atomic E-state index is -4.45. The van der Waals surface area contributed by atoms with Gasteiger partial charge in [0.15, 0.2) is 16.6 Å². The molecule has 2 N–H and O–H groups in total. The second-order valence-electron chi connectivity index (χ2n) is 9.27. The molecule has 0 bridgehead atoms. The van der Waals surface area contributed by atoms with Crippen molar-refractivity contribution in [1.82, 2.24) is 24.5 Å². The number of rotatable bonds is 5. The maximum absolute atomic E-state index is 14.1. The summed E-state index contributed by atoms with van der Waals surface area (Å²) in [6, 6.07) is 7.14. The number of benzene rings is 1. The molecule has 1 fully saturated rings. The highest BCUT2D eigenvalue weighted by atomic mass is 32.1. The van der Waals surface area contributed by atoms with Crippen LogP contribution in [-0.4, -0.2) is 43.4 Å². The molecule has 11 heteroatoms. The third kappa shape index (κ3) is 4.38. The minimum absolute atomic E-state index is 0.000436. The molecule has 0 unspecified atom stereocenters. The van der Waals surface area contributed by atoms with Crippen LogP contribution in [-0.2, 0) is 11.3 Å². The van der Waals surface area contributed by atoms with Crippen LogP contribution >= 0.6 is 12.2 Å². The third-order valence-electron chi connectivity index (χ3n) is 6.59. The molecule has 1 saturated heterocycles. The monoisotopic (exact) mass is 492 g/mol. The molecule has 34 heavy (non-hydrogen) atoms.